The van der Waals surface area contributed by atoms with Crippen LogP contribution in [0.25, 0.3) is 0 Å². The van der Waals surface area contributed by atoms with Crippen LogP contribution < -0.4 is 5.73 Å². The van der Waals surface area contributed by atoms with Gasteiger partial charge >= 0.3 is 0 Å². The molecule has 3 heteroatoms. The largest absolute Gasteiger partial charge is 0.314 e. The van der Waals surface area contributed by atoms with Crippen molar-refractivity contribution in [3.63, 3.8) is 0 Å². The van der Waals surface area contributed by atoms with Crippen LogP contribution in [0.5, 0.6) is 0 Å². The lowest BCUT2D eigenvalue weighted by Gasteiger charge is -2.04. The van der Waals surface area contributed by atoms with Crippen LogP contribution in [0.3, 0.4) is 0 Å². The van der Waals surface area contributed by atoms with Crippen LogP contribution in [0.4, 0.5) is 4.39 Å². The Morgan fingerprint density at radius 1 is 1.58 bits per heavy atom. The maximum Gasteiger partial charge on any atom is 0.137 e. The van der Waals surface area contributed by atoms with E-state index in [4.69, 9.17) is 12.2 Å². The first-order valence-corrected chi connectivity index (χ1v) is 4.11. The average Bonchev–Trinajstić information content (AvgIpc) is 2.08. The first-order chi connectivity index (χ1) is 5.65. The third-order valence-corrected chi connectivity index (χ3v) is 2.09. The smallest absolute Gasteiger partial charge is 0.137 e. The summed E-state index contributed by atoms with van der Waals surface area (Å²) in [6, 6.07) is 4.02. The van der Waals surface area contributed by atoms with E-state index in [9.17, 15) is 4.39 Å². The van der Waals surface area contributed by atoms with Gasteiger partial charge in [-0.25, -0.2) is 4.39 Å². The SMILES string of the molecule is C#CC(N)c1ccc(F)c(Br)c1. The van der Waals surface area contributed by atoms with E-state index < -0.39 is 6.04 Å². The van der Waals surface area contributed by atoms with Crippen molar-refractivity contribution in [2.24, 2.45) is 5.73 Å². The van der Waals surface area contributed by atoms with Gasteiger partial charge in [0.05, 0.1) is 10.5 Å². The van der Waals surface area contributed by atoms with Crippen LogP contribution >= 0.6 is 15.9 Å². The van der Waals surface area contributed by atoms with Gasteiger partial charge in [-0.2, -0.15) is 0 Å². The monoisotopic (exact) mass is 227 g/mol. The van der Waals surface area contributed by atoms with Crippen molar-refractivity contribution >= 4 is 15.9 Å². The van der Waals surface area contributed by atoms with Gasteiger partial charge in [-0.1, -0.05) is 12.0 Å². The van der Waals surface area contributed by atoms with E-state index in [-0.39, 0.29) is 5.82 Å². The number of halogens is 2. The molecule has 0 aliphatic carbocycles. The third-order valence-electron chi connectivity index (χ3n) is 1.48. The van der Waals surface area contributed by atoms with Gasteiger partial charge in [0, 0.05) is 0 Å². The molecule has 0 radical (unpaired) electrons. The number of terminal acetylenes is 1. The summed E-state index contributed by atoms with van der Waals surface area (Å²) in [5.74, 6) is 2.05. The zero-order valence-corrected chi connectivity index (χ0v) is 7.81. The van der Waals surface area contributed by atoms with Gasteiger partial charge < -0.3 is 5.73 Å². The molecular weight excluding hydrogens is 221 g/mol. The standard InChI is InChI=1S/C9H7BrFN/c1-2-9(12)6-3-4-8(11)7(10)5-6/h1,3-5,9H,12H2. The fraction of sp³-hybridized carbons (Fsp3) is 0.111. The molecule has 0 fully saturated rings. The van der Waals surface area contributed by atoms with Crippen LogP contribution in [-0.4, -0.2) is 0 Å². The van der Waals surface area contributed by atoms with Crippen LogP contribution in [0.2, 0.25) is 0 Å². The Labute approximate surface area is 78.9 Å². The van der Waals surface area contributed by atoms with E-state index >= 15 is 0 Å². The Kier molecular flexibility index (Phi) is 2.85. The second-order valence-corrected chi connectivity index (χ2v) is 3.17. The summed E-state index contributed by atoms with van der Waals surface area (Å²) >= 11 is 3.04. The highest BCUT2D eigenvalue weighted by Crippen LogP contribution is 2.19. The maximum atomic E-state index is 12.7. The Morgan fingerprint density at radius 3 is 2.75 bits per heavy atom. The quantitative estimate of drug-likeness (QED) is 0.732. The lowest BCUT2D eigenvalue weighted by molar-refractivity contribution is 0.620. The molecule has 1 aromatic rings. The highest BCUT2D eigenvalue weighted by atomic mass is 79.9. The zero-order chi connectivity index (χ0) is 9.14. The van der Waals surface area contributed by atoms with Gasteiger partial charge in [-0.05, 0) is 33.6 Å². The van der Waals surface area contributed by atoms with Crippen molar-refractivity contribution in [3.05, 3.63) is 34.1 Å². The fourth-order valence-corrected chi connectivity index (χ4v) is 1.20. The predicted octanol–water partition coefficient (Wildman–Crippen LogP) is 2.22. The highest BCUT2D eigenvalue weighted by molar-refractivity contribution is 9.10. The number of hydrogen-bond donors (Lipinski definition) is 1. The molecule has 0 aliphatic heterocycles. The minimum atomic E-state index is -0.470. The van der Waals surface area contributed by atoms with Crippen LogP contribution in [0, 0.1) is 18.2 Å². The first-order valence-electron chi connectivity index (χ1n) is 3.32. The molecule has 1 aromatic carbocycles. The molecule has 1 atom stereocenters. The molecule has 0 spiro atoms. The molecule has 1 unspecified atom stereocenters. The average molecular weight is 228 g/mol. The van der Waals surface area contributed by atoms with E-state index in [0.29, 0.717) is 4.47 Å². The molecule has 0 saturated heterocycles. The van der Waals surface area contributed by atoms with Crippen molar-refractivity contribution < 1.29 is 4.39 Å². The number of hydrogen-bond acceptors (Lipinski definition) is 1. The predicted molar refractivity (Wildman–Crippen MR) is 49.9 cm³/mol. The Morgan fingerprint density at radius 2 is 2.25 bits per heavy atom. The van der Waals surface area contributed by atoms with Crippen LogP contribution in [0.1, 0.15) is 11.6 Å². The van der Waals surface area contributed by atoms with Crippen LogP contribution in [0.15, 0.2) is 22.7 Å². The van der Waals surface area contributed by atoms with E-state index in [1.807, 2.05) is 0 Å². The van der Waals surface area contributed by atoms with E-state index in [2.05, 4.69) is 21.9 Å². The summed E-state index contributed by atoms with van der Waals surface area (Å²) in [6.45, 7) is 0. The minimum absolute atomic E-state index is 0.317. The molecule has 0 aliphatic rings. The first kappa shape index (κ1) is 9.24. The van der Waals surface area contributed by atoms with Crippen LogP contribution in [-0.2, 0) is 0 Å². The highest BCUT2D eigenvalue weighted by Gasteiger charge is 2.04. The fourth-order valence-electron chi connectivity index (χ4n) is 0.802. The molecule has 0 heterocycles. The third kappa shape index (κ3) is 1.84. The summed E-state index contributed by atoms with van der Waals surface area (Å²) in [4.78, 5) is 0. The molecule has 0 saturated carbocycles. The van der Waals surface area contributed by atoms with E-state index in [0.717, 1.165) is 5.56 Å². The summed E-state index contributed by atoms with van der Waals surface area (Å²) < 4.78 is 13.1. The van der Waals surface area contributed by atoms with Gasteiger partial charge in [0.15, 0.2) is 0 Å². The zero-order valence-electron chi connectivity index (χ0n) is 6.22. The molecular formula is C9H7BrFN. The summed E-state index contributed by atoms with van der Waals surface area (Å²) in [5, 5.41) is 0. The number of benzene rings is 1. The summed E-state index contributed by atoms with van der Waals surface area (Å²) in [7, 11) is 0. The van der Waals surface area contributed by atoms with Gasteiger partial charge in [-0.3, -0.25) is 0 Å². The second kappa shape index (κ2) is 3.70. The molecule has 1 rings (SSSR count). The molecule has 0 aromatic heterocycles. The Hall–Kier alpha value is -0.850. The normalized spacial score (nSPS) is 12.2. The molecule has 0 bridgehead atoms. The number of rotatable bonds is 1. The minimum Gasteiger partial charge on any atom is -0.314 e. The second-order valence-electron chi connectivity index (χ2n) is 2.32. The number of nitrogens with two attached hydrogens (primary N) is 1. The molecule has 0 amide bonds. The van der Waals surface area contributed by atoms with E-state index in [1.165, 1.54) is 6.07 Å². The van der Waals surface area contributed by atoms with Crippen molar-refractivity contribution in [3.8, 4) is 12.3 Å². The maximum absolute atomic E-state index is 12.7. The molecule has 2 N–H and O–H groups in total. The van der Waals surface area contributed by atoms with Crippen molar-refractivity contribution in [1.29, 1.82) is 0 Å². The lowest BCUT2D eigenvalue weighted by Crippen LogP contribution is -2.07. The molecule has 12 heavy (non-hydrogen) atoms. The summed E-state index contributed by atoms with van der Waals surface area (Å²) in [5.41, 5.74) is 6.26. The summed E-state index contributed by atoms with van der Waals surface area (Å²) in [6.07, 6.45) is 5.11. The van der Waals surface area contributed by atoms with Crippen molar-refractivity contribution in [1.82, 2.24) is 0 Å². The molecule has 62 valence electrons. The Balaban J connectivity index is 3.06. The van der Waals surface area contributed by atoms with Gasteiger partial charge in [-0.15, -0.1) is 6.42 Å². The lowest BCUT2D eigenvalue weighted by atomic mass is 10.1. The van der Waals surface area contributed by atoms with Crippen molar-refractivity contribution in [2.45, 2.75) is 6.04 Å². The van der Waals surface area contributed by atoms with Gasteiger partial charge in [0.25, 0.3) is 0 Å². The van der Waals surface area contributed by atoms with Crippen molar-refractivity contribution in [2.75, 3.05) is 0 Å². The van der Waals surface area contributed by atoms with Gasteiger partial charge in [0.2, 0.25) is 0 Å². The molecule has 1 nitrogen and oxygen atoms in total. The van der Waals surface area contributed by atoms with Gasteiger partial charge in [0.1, 0.15) is 5.82 Å². The Bertz CT molecular complexity index is 330. The topological polar surface area (TPSA) is 26.0 Å². The van der Waals surface area contributed by atoms with E-state index in [1.54, 1.807) is 12.1 Å².